The summed E-state index contributed by atoms with van der Waals surface area (Å²) in [6.45, 7) is 1.96. The van der Waals surface area contributed by atoms with Crippen molar-refractivity contribution in [2.75, 3.05) is 0 Å². The summed E-state index contributed by atoms with van der Waals surface area (Å²) in [4.78, 5) is 12.8. The molecule has 17 heavy (non-hydrogen) atoms. The molecule has 0 aromatic carbocycles. The number of amides is 1. The Morgan fingerprint density at radius 1 is 1.65 bits per heavy atom. The van der Waals surface area contributed by atoms with Crippen molar-refractivity contribution in [1.82, 2.24) is 5.32 Å². The molecule has 0 saturated heterocycles. The zero-order valence-electron chi connectivity index (χ0n) is 9.78. The Hall–Kier alpha value is -0.580. The van der Waals surface area contributed by atoms with E-state index in [-0.39, 0.29) is 18.0 Å². The van der Waals surface area contributed by atoms with E-state index in [1.165, 1.54) is 24.2 Å². The summed E-state index contributed by atoms with van der Waals surface area (Å²) in [6.07, 6.45) is 2.77. The average molecular weight is 273 g/mol. The van der Waals surface area contributed by atoms with E-state index < -0.39 is 0 Å². The lowest BCUT2D eigenvalue weighted by molar-refractivity contribution is -0.122. The second-order valence-electron chi connectivity index (χ2n) is 4.64. The lowest BCUT2D eigenvalue weighted by Gasteiger charge is -2.14. The summed E-state index contributed by atoms with van der Waals surface area (Å²) in [6, 6.07) is 3.82. The Kier molecular flexibility index (Phi) is 4.07. The number of hydrogen-bond donors (Lipinski definition) is 2. The minimum absolute atomic E-state index is 0.00593. The summed E-state index contributed by atoms with van der Waals surface area (Å²) in [5.74, 6) is 0.591. The van der Waals surface area contributed by atoms with Crippen LogP contribution in [0.2, 0.25) is 4.34 Å². The predicted octanol–water partition coefficient (Wildman–Crippen LogP) is 2.71. The fourth-order valence-electron chi connectivity index (χ4n) is 1.84. The summed E-state index contributed by atoms with van der Waals surface area (Å²) in [5, 5.41) is 2.96. The number of hydrogen-bond acceptors (Lipinski definition) is 3. The molecule has 1 aliphatic carbocycles. The number of nitrogens with two attached hydrogens (primary N) is 1. The van der Waals surface area contributed by atoms with Crippen LogP contribution in [0.5, 0.6) is 0 Å². The third-order valence-electron chi connectivity index (χ3n) is 3.05. The Labute approximate surface area is 110 Å². The van der Waals surface area contributed by atoms with Crippen molar-refractivity contribution < 1.29 is 4.79 Å². The van der Waals surface area contributed by atoms with Gasteiger partial charge in [0.2, 0.25) is 5.91 Å². The van der Waals surface area contributed by atoms with Crippen molar-refractivity contribution in [3.63, 3.8) is 0 Å². The molecule has 1 aromatic rings. The zero-order valence-corrected chi connectivity index (χ0v) is 11.4. The van der Waals surface area contributed by atoms with E-state index in [9.17, 15) is 4.79 Å². The number of rotatable bonds is 5. The van der Waals surface area contributed by atoms with Crippen LogP contribution in [0.15, 0.2) is 12.1 Å². The van der Waals surface area contributed by atoms with E-state index >= 15 is 0 Å². The molecule has 2 atom stereocenters. The van der Waals surface area contributed by atoms with Crippen LogP contribution in [-0.4, -0.2) is 11.9 Å². The topological polar surface area (TPSA) is 55.1 Å². The van der Waals surface area contributed by atoms with Gasteiger partial charge in [-0.05, 0) is 37.8 Å². The zero-order chi connectivity index (χ0) is 12.4. The van der Waals surface area contributed by atoms with Gasteiger partial charge in [0.05, 0.1) is 10.4 Å². The maximum atomic E-state index is 11.8. The van der Waals surface area contributed by atoms with Crippen molar-refractivity contribution >= 4 is 28.8 Å². The number of carbonyl (C=O) groups is 1. The first-order chi connectivity index (χ1) is 8.06. The molecule has 1 fully saturated rings. The molecule has 3 N–H and O–H groups in total. The van der Waals surface area contributed by atoms with Gasteiger partial charge in [-0.25, -0.2) is 0 Å². The van der Waals surface area contributed by atoms with Crippen molar-refractivity contribution in [2.45, 2.75) is 38.3 Å². The van der Waals surface area contributed by atoms with Gasteiger partial charge in [-0.2, -0.15) is 0 Å². The van der Waals surface area contributed by atoms with Gasteiger partial charge in [-0.3, -0.25) is 4.79 Å². The molecule has 0 radical (unpaired) electrons. The SMILES string of the molecule is CC(NC(=O)CC(N)C1CC1)c1ccc(Cl)s1. The van der Waals surface area contributed by atoms with E-state index in [1.807, 2.05) is 19.1 Å². The highest BCUT2D eigenvalue weighted by atomic mass is 35.5. The highest BCUT2D eigenvalue weighted by Crippen LogP contribution is 2.33. The molecular formula is C12H17ClN2OS. The van der Waals surface area contributed by atoms with Gasteiger partial charge in [0.25, 0.3) is 0 Å². The molecular weight excluding hydrogens is 256 g/mol. The summed E-state index contributed by atoms with van der Waals surface area (Å²) < 4.78 is 0.746. The van der Waals surface area contributed by atoms with E-state index in [0.29, 0.717) is 12.3 Å². The van der Waals surface area contributed by atoms with E-state index in [2.05, 4.69) is 5.32 Å². The largest absolute Gasteiger partial charge is 0.349 e. The van der Waals surface area contributed by atoms with Crippen LogP contribution in [0.25, 0.3) is 0 Å². The first kappa shape index (κ1) is 12.9. The molecule has 1 amide bonds. The highest BCUT2D eigenvalue weighted by Gasteiger charge is 2.30. The first-order valence-electron chi connectivity index (χ1n) is 5.86. The summed E-state index contributed by atoms with van der Waals surface area (Å²) in [5.41, 5.74) is 5.92. The minimum Gasteiger partial charge on any atom is -0.349 e. The molecule has 1 heterocycles. The molecule has 94 valence electrons. The third kappa shape index (κ3) is 3.69. The lowest BCUT2D eigenvalue weighted by atomic mass is 10.1. The van der Waals surface area contributed by atoms with Crippen LogP contribution < -0.4 is 11.1 Å². The molecule has 1 aromatic heterocycles. The van der Waals surface area contributed by atoms with Crippen molar-refractivity contribution in [3.05, 3.63) is 21.3 Å². The Morgan fingerprint density at radius 3 is 2.88 bits per heavy atom. The monoisotopic (exact) mass is 272 g/mol. The number of halogens is 1. The Morgan fingerprint density at radius 2 is 2.35 bits per heavy atom. The van der Waals surface area contributed by atoms with Crippen molar-refractivity contribution in [3.8, 4) is 0 Å². The molecule has 2 rings (SSSR count). The third-order valence-corrected chi connectivity index (χ3v) is 4.46. The molecule has 1 saturated carbocycles. The van der Waals surface area contributed by atoms with Gasteiger partial charge in [0, 0.05) is 17.3 Å². The van der Waals surface area contributed by atoms with Crippen LogP contribution >= 0.6 is 22.9 Å². The smallest absolute Gasteiger partial charge is 0.222 e. The molecule has 0 bridgehead atoms. The van der Waals surface area contributed by atoms with Gasteiger partial charge in [-0.15, -0.1) is 11.3 Å². The normalized spacial score (nSPS) is 18.8. The molecule has 0 aliphatic heterocycles. The van der Waals surface area contributed by atoms with Crippen LogP contribution in [0.1, 0.15) is 37.1 Å². The second kappa shape index (κ2) is 5.38. The number of thiophene rings is 1. The standard InChI is InChI=1S/C12H17ClN2OS/c1-7(10-4-5-11(13)17-10)15-12(16)6-9(14)8-2-3-8/h4-5,7-9H,2-3,6,14H2,1H3,(H,15,16). The summed E-state index contributed by atoms with van der Waals surface area (Å²) >= 11 is 7.36. The lowest BCUT2D eigenvalue weighted by Crippen LogP contribution is -2.34. The maximum absolute atomic E-state index is 11.8. The summed E-state index contributed by atoms with van der Waals surface area (Å²) in [7, 11) is 0. The predicted molar refractivity (Wildman–Crippen MR) is 71.2 cm³/mol. The van der Waals surface area contributed by atoms with Crippen LogP contribution in [0.4, 0.5) is 0 Å². The fourth-order valence-corrected chi connectivity index (χ4v) is 2.90. The molecule has 0 spiro atoms. The molecule has 3 nitrogen and oxygen atoms in total. The van der Waals surface area contributed by atoms with Gasteiger partial charge in [0.1, 0.15) is 0 Å². The van der Waals surface area contributed by atoms with Crippen LogP contribution in [0.3, 0.4) is 0 Å². The average Bonchev–Trinajstić information content (AvgIpc) is 3.01. The highest BCUT2D eigenvalue weighted by molar-refractivity contribution is 7.16. The minimum atomic E-state index is 0.00593. The first-order valence-corrected chi connectivity index (χ1v) is 7.06. The van der Waals surface area contributed by atoms with Crippen molar-refractivity contribution in [1.29, 1.82) is 0 Å². The molecule has 2 unspecified atom stereocenters. The van der Waals surface area contributed by atoms with Gasteiger partial charge >= 0.3 is 0 Å². The molecule has 5 heteroatoms. The van der Waals surface area contributed by atoms with E-state index in [0.717, 1.165) is 9.21 Å². The number of carbonyl (C=O) groups excluding carboxylic acids is 1. The van der Waals surface area contributed by atoms with Gasteiger partial charge < -0.3 is 11.1 Å². The fraction of sp³-hybridized carbons (Fsp3) is 0.583. The van der Waals surface area contributed by atoms with E-state index in [4.69, 9.17) is 17.3 Å². The Bertz CT molecular complexity index is 403. The maximum Gasteiger partial charge on any atom is 0.222 e. The quantitative estimate of drug-likeness (QED) is 0.866. The van der Waals surface area contributed by atoms with Gasteiger partial charge in [-0.1, -0.05) is 11.6 Å². The van der Waals surface area contributed by atoms with Crippen LogP contribution in [-0.2, 0) is 4.79 Å². The molecule has 1 aliphatic rings. The van der Waals surface area contributed by atoms with Crippen LogP contribution in [0, 0.1) is 5.92 Å². The second-order valence-corrected chi connectivity index (χ2v) is 6.38. The van der Waals surface area contributed by atoms with Gasteiger partial charge in [0.15, 0.2) is 0 Å². The Balaban J connectivity index is 1.81. The van der Waals surface area contributed by atoms with E-state index in [1.54, 1.807) is 0 Å². The number of nitrogens with one attached hydrogen (secondary N) is 1. The van der Waals surface area contributed by atoms with Crippen molar-refractivity contribution in [2.24, 2.45) is 11.7 Å².